The Bertz CT molecular complexity index is 1030. The predicted octanol–water partition coefficient (Wildman–Crippen LogP) is 2.55. The molecule has 1 aromatic carbocycles. The minimum absolute atomic E-state index is 0.0320. The average molecular weight is 368 g/mol. The summed E-state index contributed by atoms with van der Waals surface area (Å²) in [5.74, 6) is -0.0320. The molecule has 0 saturated carbocycles. The van der Waals surface area contributed by atoms with Gasteiger partial charge >= 0.3 is 0 Å². The van der Waals surface area contributed by atoms with Crippen molar-refractivity contribution >= 4 is 29.0 Å². The van der Waals surface area contributed by atoms with Crippen LogP contribution in [0, 0.1) is 4.77 Å². The quantitative estimate of drug-likeness (QED) is 0.679. The molecule has 0 radical (unpaired) electrons. The largest absolute Gasteiger partial charge is 0.345 e. The molecule has 1 amide bonds. The number of pyridine rings is 1. The molecule has 0 atom stereocenters. The molecule has 3 aromatic rings. The van der Waals surface area contributed by atoms with E-state index in [1.54, 1.807) is 24.2 Å². The van der Waals surface area contributed by atoms with Crippen molar-refractivity contribution in [3.05, 3.63) is 69.5 Å². The molecule has 0 unspecified atom stereocenters. The maximum Gasteiger partial charge on any atom is 0.262 e. The van der Waals surface area contributed by atoms with Gasteiger partial charge in [-0.15, -0.1) is 0 Å². The van der Waals surface area contributed by atoms with E-state index in [0.29, 0.717) is 28.6 Å². The fourth-order valence-electron chi connectivity index (χ4n) is 2.75. The van der Waals surface area contributed by atoms with E-state index in [2.05, 4.69) is 9.97 Å². The number of fused-ring (bicyclic) bond motifs is 1. The molecule has 3 rings (SSSR count). The molecule has 0 spiro atoms. The summed E-state index contributed by atoms with van der Waals surface area (Å²) in [4.78, 5) is 33.9. The van der Waals surface area contributed by atoms with E-state index >= 15 is 0 Å². The van der Waals surface area contributed by atoms with Gasteiger partial charge in [-0.1, -0.05) is 18.2 Å². The highest BCUT2D eigenvalue weighted by atomic mass is 32.1. The number of likely N-dealkylation sites (N-methyl/N-ethyl adjacent to an activating group) is 1. The molecule has 0 aliphatic heterocycles. The molecular weight excluding hydrogens is 348 g/mol. The lowest BCUT2D eigenvalue weighted by Crippen LogP contribution is -2.31. The first-order valence-electron chi connectivity index (χ1n) is 8.42. The van der Waals surface area contributed by atoms with Gasteiger partial charge in [0.2, 0.25) is 5.91 Å². The number of aromatic nitrogens is 3. The second-order valence-corrected chi connectivity index (χ2v) is 6.46. The van der Waals surface area contributed by atoms with E-state index in [0.717, 1.165) is 5.69 Å². The van der Waals surface area contributed by atoms with Gasteiger partial charge in [0.25, 0.3) is 5.56 Å². The van der Waals surface area contributed by atoms with Gasteiger partial charge < -0.3 is 9.88 Å². The lowest BCUT2D eigenvalue weighted by molar-refractivity contribution is -0.130. The zero-order valence-corrected chi connectivity index (χ0v) is 15.3. The van der Waals surface area contributed by atoms with Crippen molar-refractivity contribution in [2.45, 2.75) is 19.4 Å². The fourth-order valence-corrected chi connectivity index (χ4v) is 3.04. The van der Waals surface area contributed by atoms with Gasteiger partial charge in [0.1, 0.15) is 0 Å². The van der Waals surface area contributed by atoms with Crippen LogP contribution in [-0.2, 0) is 17.8 Å². The average Bonchev–Trinajstić information content (AvgIpc) is 2.66. The summed E-state index contributed by atoms with van der Waals surface area (Å²) in [6.45, 7) is 0.834. The minimum atomic E-state index is -0.173. The number of para-hydroxylation sites is 1. The van der Waals surface area contributed by atoms with Gasteiger partial charge in [0, 0.05) is 44.9 Å². The number of rotatable bonds is 6. The number of benzene rings is 1. The molecule has 2 heterocycles. The van der Waals surface area contributed by atoms with Crippen LogP contribution in [0.4, 0.5) is 0 Å². The third-order valence-electron chi connectivity index (χ3n) is 4.29. The smallest absolute Gasteiger partial charge is 0.262 e. The molecule has 0 saturated heterocycles. The fraction of sp³-hybridized carbons (Fsp3) is 0.263. The Morgan fingerprint density at radius 3 is 2.77 bits per heavy atom. The summed E-state index contributed by atoms with van der Waals surface area (Å²) in [5.41, 5.74) is 1.48. The van der Waals surface area contributed by atoms with Crippen LogP contribution in [0.25, 0.3) is 10.9 Å². The van der Waals surface area contributed by atoms with Crippen molar-refractivity contribution in [1.82, 2.24) is 19.4 Å². The van der Waals surface area contributed by atoms with Crippen molar-refractivity contribution < 1.29 is 4.79 Å². The predicted molar refractivity (Wildman–Crippen MR) is 104 cm³/mol. The summed E-state index contributed by atoms with van der Waals surface area (Å²) < 4.78 is 1.78. The van der Waals surface area contributed by atoms with Gasteiger partial charge in [-0.3, -0.25) is 19.1 Å². The van der Waals surface area contributed by atoms with Crippen molar-refractivity contribution in [2.75, 3.05) is 13.6 Å². The van der Waals surface area contributed by atoms with Crippen molar-refractivity contribution in [3.8, 4) is 0 Å². The summed E-state index contributed by atoms with van der Waals surface area (Å²) in [6.07, 6.45) is 2.65. The molecular formula is C19H20N4O2S. The number of H-pyrrole nitrogens is 1. The summed E-state index contributed by atoms with van der Waals surface area (Å²) >= 11 is 5.27. The maximum absolute atomic E-state index is 12.6. The van der Waals surface area contributed by atoms with Crippen LogP contribution in [0.5, 0.6) is 0 Å². The monoisotopic (exact) mass is 368 g/mol. The zero-order valence-electron chi connectivity index (χ0n) is 14.5. The second-order valence-electron chi connectivity index (χ2n) is 6.07. The van der Waals surface area contributed by atoms with E-state index in [9.17, 15) is 9.59 Å². The molecule has 0 fully saturated rings. The van der Waals surface area contributed by atoms with E-state index in [1.807, 2.05) is 36.4 Å². The van der Waals surface area contributed by atoms with Gasteiger partial charge in [0.05, 0.1) is 10.9 Å². The van der Waals surface area contributed by atoms with Crippen molar-refractivity contribution in [3.63, 3.8) is 0 Å². The van der Waals surface area contributed by atoms with E-state index in [4.69, 9.17) is 12.2 Å². The molecule has 7 heteroatoms. The standard InChI is InChI=1S/C19H20N4O2S/c1-22(12-9-14-6-4-5-11-20-14)17(24)10-13-23-18(25)15-7-2-3-8-16(15)21-19(23)26/h2-8,11H,9-10,12-13H2,1H3,(H,21,26). The number of nitrogens with zero attached hydrogens (tertiary/aromatic N) is 3. The van der Waals surface area contributed by atoms with Crippen LogP contribution in [0.1, 0.15) is 12.1 Å². The third-order valence-corrected chi connectivity index (χ3v) is 4.62. The van der Waals surface area contributed by atoms with Gasteiger partial charge in [0.15, 0.2) is 4.77 Å². The lowest BCUT2D eigenvalue weighted by atomic mass is 10.2. The van der Waals surface area contributed by atoms with Crippen LogP contribution in [-0.4, -0.2) is 38.9 Å². The Labute approximate surface area is 156 Å². The molecule has 134 valence electrons. The first kappa shape index (κ1) is 18.0. The Balaban J connectivity index is 1.65. The molecule has 6 nitrogen and oxygen atoms in total. The Morgan fingerprint density at radius 2 is 2.00 bits per heavy atom. The Kier molecular flexibility index (Phi) is 5.58. The molecule has 0 bridgehead atoms. The van der Waals surface area contributed by atoms with Crippen LogP contribution in [0.2, 0.25) is 0 Å². The first-order valence-corrected chi connectivity index (χ1v) is 8.83. The highest BCUT2D eigenvalue weighted by molar-refractivity contribution is 7.71. The van der Waals surface area contributed by atoms with Crippen LogP contribution in [0.3, 0.4) is 0 Å². The Morgan fingerprint density at radius 1 is 1.23 bits per heavy atom. The van der Waals surface area contributed by atoms with Gasteiger partial charge in [-0.25, -0.2) is 0 Å². The number of amides is 1. The normalized spacial score (nSPS) is 10.8. The molecule has 0 aliphatic carbocycles. The van der Waals surface area contributed by atoms with Crippen molar-refractivity contribution in [1.29, 1.82) is 0 Å². The summed E-state index contributed by atoms with van der Waals surface area (Å²) in [5, 5.41) is 0.567. The van der Waals surface area contributed by atoms with E-state index in [1.165, 1.54) is 4.57 Å². The second kappa shape index (κ2) is 8.05. The number of aromatic amines is 1. The first-order chi connectivity index (χ1) is 12.6. The number of hydrogen-bond acceptors (Lipinski definition) is 4. The molecule has 2 aromatic heterocycles. The molecule has 26 heavy (non-hydrogen) atoms. The highest BCUT2D eigenvalue weighted by Gasteiger charge is 2.11. The number of carbonyl (C=O) groups is 1. The van der Waals surface area contributed by atoms with Gasteiger partial charge in [-0.05, 0) is 36.5 Å². The van der Waals surface area contributed by atoms with Crippen LogP contribution >= 0.6 is 12.2 Å². The van der Waals surface area contributed by atoms with Gasteiger partial charge in [-0.2, -0.15) is 0 Å². The minimum Gasteiger partial charge on any atom is -0.345 e. The topological polar surface area (TPSA) is 71.0 Å². The summed E-state index contributed by atoms with van der Waals surface area (Å²) in [7, 11) is 1.76. The maximum atomic E-state index is 12.6. The number of nitrogens with one attached hydrogen (secondary N) is 1. The highest BCUT2D eigenvalue weighted by Crippen LogP contribution is 2.06. The SMILES string of the molecule is CN(CCc1ccccn1)C(=O)CCn1c(=S)[nH]c2ccccc2c1=O. The summed E-state index contributed by atoms with van der Waals surface area (Å²) in [6, 6.07) is 12.9. The van der Waals surface area contributed by atoms with E-state index < -0.39 is 0 Å². The Hall–Kier alpha value is -2.80. The molecule has 0 aliphatic rings. The van der Waals surface area contributed by atoms with Crippen LogP contribution < -0.4 is 5.56 Å². The van der Waals surface area contributed by atoms with Crippen LogP contribution in [0.15, 0.2) is 53.5 Å². The number of hydrogen-bond donors (Lipinski definition) is 1. The number of carbonyl (C=O) groups excluding carboxylic acids is 1. The van der Waals surface area contributed by atoms with Crippen molar-refractivity contribution in [2.24, 2.45) is 0 Å². The lowest BCUT2D eigenvalue weighted by Gasteiger charge is -2.17. The third kappa shape index (κ3) is 4.05. The zero-order chi connectivity index (χ0) is 18.5. The van der Waals surface area contributed by atoms with E-state index in [-0.39, 0.29) is 24.4 Å². The molecule has 1 N–H and O–H groups in total.